The first-order valence-electron chi connectivity index (χ1n) is 12.0. The predicted molar refractivity (Wildman–Crippen MR) is 142 cm³/mol. The number of benzene rings is 3. The first-order valence-corrected chi connectivity index (χ1v) is 12.3. The smallest absolute Gasteiger partial charge is 0.413 e. The second kappa shape index (κ2) is 10.1. The average molecular weight is 516 g/mol. The highest BCUT2D eigenvalue weighted by Crippen LogP contribution is 2.49. The van der Waals surface area contributed by atoms with E-state index in [1.807, 2.05) is 66.7 Å². The normalized spacial score (nSPS) is 14.5. The molecule has 37 heavy (non-hydrogen) atoms. The van der Waals surface area contributed by atoms with E-state index in [9.17, 15) is 9.59 Å². The van der Waals surface area contributed by atoms with E-state index in [-0.39, 0.29) is 5.97 Å². The summed E-state index contributed by atoms with van der Waals surface area (Å²) in [6.45, 7) is 1.76. The largest absolute Gasteiger partial charge is 0.468 e. The third kappa shape index (κ3) is 5.08. The van der Waals surface area contributed by atoms with Crippen LogP contribution in [0, 0.1) is 0 Å². The minimum absolute atomic E-state index is 0.166. The van der Waals surface area contributed by atoms with Crippen molar-refractivity contribution in [1.29, 1.82) is 0 Å². The molecule has 1 amide bonds. The molecule has 1 heterocycles. The van der Waals surface area contributed by atoms with E-state index in [1.54, 1.807) is 29.9 Å². The van der Waals surface area contributed by atoms with Crippen molar-refractivity contribution in [2.75, 3.05) is 12.4 Å². The molecule has 4 aromatic rings. The Balaban J connectivity index is 1.22. The lowest BCUT2D eigenvalue weighted by Crippen LogP contribution is -2.21. The Morgan fingerprint density at radius 3 is 2.24 bits per heavy atom. The van der Waals surface area contributed by atoms with Gasteiger partial charge in [-0.1, -0.05) is 66.2 Å². The molecule has 188 valence electrons. The maximum absolute atomic E-state index is 12.3. The molecule has 1 saturated carbocycles. The summed E-state index contributed by atoms with van der Waals surface area (Å²) in [5.74, 6) is 0.205. The molecular formula is C29H26ClN3O4. The minimum atomic E-state index is -0.614. The highest BCUT2D eigenvalue weighted by molar-refractivity contribution is 6.31. The number of hydrogen-bond acceptors (Lipinski definition) is 5. The van der Waals surface area contributed by atoms with Gasteiger partial charge in [0, 0.05) is 22.8 Å². The Bertz CT molecular complexity index is 1430. The number of rotatable bonds is 7. The van der Waals surface area contributed by atoms with Gasteiger partial charge in [-0.15, -0.1) is 5.10 Å². The van der Waals surface area contributed by atoms with Crippen LogP contribution < -0.4 is 5.32 Å². The summed E-state index contributed by atoms with van der Waals surface area (Å²) in [5, 5.41) is 7.62. The zero-order chi connectivity index (χ0) is 26.0. The van der Waals surface area contributed by atoms with Crippen molar-refractivity contribution < 1.29 is 19.1 Å². The molecule has 0 aliphatic heterocycles. The number of ether oxygens (including phenoxy) is 2. The van der Waals surface area contributed by atoms with Crippen LogP contribution in [-0.2, 0) is 19.7 Å². The van der Waals surface area contributed by atoms with Crippen molar-refractivity contribution in [2.45, 2.75) is 31.3 Å². The maximum Gasteiger partial charge on any atom is 0.413 e. The van der Waals surface area contributed by atoms with Crippen LogP contribution in [0.3, 0.4) is 0 Å². The van der Waals surface area contributed by atoms with Crippen LogP contribution in [0.25, 0.3) is 16.8 Å². The molecule has 1 atom stereocenters. The molecule has 7 nitrogen and oxygen atoms in total. The van der Waals surface area contributed by atoms with E-state index in [4.69, 9.17) is 21.1 Å². The van der Waals surface area contributed by atoms with E-state index >= 15 is 0 Å². The SMILES string of the molecule is COC(=O)C1(c2ccc(-c3ccc(-n4ccc(NC(=O)OC(C)c5ccccc5Cl)n4)cc3)cc2)CC1. The Morgan fingerprint density at radius 2 is 1.62 bits per heavy atom. The number of carbonyl (C=O) groups excluding carboxylic acids is 2. The Hall–Kier alpha value is -4.10. The summed E-state index contributed by atoms with van der Waals surface area (Å²) >= 11 is 6.18. The topological polar surface area (TPSA) is 82.5 Å². The number of anilines is 1. The highest BCUT2D eigenvalue weighted by atomic mass is 35.5. The number of amides is 1. The van der Waals surface area contributed by atoms with Crippen molar-refractivity contribution in [3.05, 3.63) is 101 Å². The molecule has 0 radical (unpaired) electrons. The van der Waals surface area contributed by atoms with E-state index in [0.29, 0.717) is 10.8 Å². The van der Waals surface area contributed by atoms with E-state index in [0.717, 1.165) is 40.8 Å². The van der Waals surface area contributed by atoms with Crippen LogP contribution in [0.1, 0.15) is 37.0 Å². The van der Waals surface area contributed by atoms with Crippen molar-refractivity contribution in [1.82, 2.24) is 9.78 Å². The van der Waals surface area contributed by atoms with Crippen molar-refractivity contribution >= 4 is 29.5 Å². The zero-order valence-electron chi connectivity index (χ0n) is 20.5. The van der Waals surface area contributed by atoms with Crippen molar-refractivity contribution in [3.8, 4) is 16.8 Å². The second-order valence-electron chi connectivity index (χ2n) is 9.04. The predicted octanol–water partition coefficient (Wildman–Crippen LogP) is 6.71. The number of hydrogen-bond donors (Lipinski definition) is 1. The van der Waals surface area contributed by atoms with Gasteiger partial charge in [-0.3, -0.25) is 10.1 Å². The molecule has 1 aliphatic carbocycles. The fourth-order valence-corrected chi connectivity index (χ4v) is 4.71. The van der Waals surface area contributed by atoms with Gasteiger partial charge in [0.1, 0.15) is 6.10 Å². The zero-order valence-corrected chi connectivity index (χ0v) is 21.2. The summed E-state index contributed by atoms with van der Waals surface area (Å²) in [5.41, 5.74) is 4.19. The number of nitrogens with zero attached hydrogens (tertiary/aromatic N) is 2. The molecule has 8 heteroatoms. The molecule has 1 aromatic heterocycles. The fourth-order valence-electron chi connectivity index (χ4n) is 4.42. The monoisotopic (exact) mass is 515 g/mol. The fraction of sp³-hybridized carbons (Fsp3) is 0.207. The number of carbonyl (C=O) groups is 2. The van der Waals surface area contributed by atoms with Crippen molar-refractivity contribution in [2.24, 2.45) is 0 Å². The Labute approximate surface area is 220 Å². The van der Waals surface area contributed by atoms with Gasteiger partial charge in [-0.05, 0) is 54.7 Å². The van der Waals surface area contributed by atoms with Crippen LogP contribution in [-0.4, -0.2) is 29.0 Å². The Morgan fingerprint density at radius 1 is 0.973 bits per heavy atom. The number of methoxy groups -OCH3 is 1. The van der Waals surface area contributed by atoms with Gasteiger partial charge in [-0.25, -0.2) is 9.48 Å². The molecule has 0 bridgehead atoms. The first kappa shape index (κ1) is 24.6. The molecular weight excluding hydrogens is 490 g/mol. The number of nitrogens with one attached hydrogen (secondary N) is 1. The van der Waals surface area contributed by atoms with Gasteiger partial charge in [0.15, 0.2) is 5.82 Å². The van der Waals surface area contributed by atoms with Gasteiger partial charge in [0.05, 0.1) is 18.2 Å². The van der Waals surface area contributed by atoms with Gasteiger partial charge < -0.3 is 9.47 Å². The van der Waals surface area contributed by atoms with E-state index in [2.05, 4.69) is 10.4 Å². The van der Waals surface area contributed by atoms with E-state index in [1.165, 1.54) is 7.11 Å². The summed E-state index contributed by atoms with van der Waals surface area (Å²) in [4.78, 5) is 24.5. The van der Waals surface area contributed by atoms with Crippen LogP contribution in [0.15, 0.2) is 85.1 Å². The third-order valence-electron chi connectivity index (χ3n) is 6.68. The maximum atomic E-state index is 12.3. The highest BCUT2D eigenvalue weighted by Gasteiger charge is 2.52. The van der Waals surface area contributed by atoms with Crippen LogP contribution in [0.2, 0.25) is 5.02 Å². The molecule has 0 saturated heterocycles. The van der Waals surface area contributed by atoms with Crippen LogP contribution in [0.5, 0.6) is 0 Å². The van der Waals surface area contributed by atoms with Crippen molar-refractivity contribution in [3.63, 3.8) is 0 Å². The summed E-state index contributed by atoms with van der Waals surface area (Å²) in [6, 6.07) is 24.9. The van der Waals surface area contributed by atoms with Gasteiger partial charge >= 0.3 is 12.1 Å². The molecule has 1 aliphatic rings. The summed E-state index contributed by atoms with van der Waals surface area (Å²) in [7, 11) is 1.44. The van der Waals surface area contributed by atoms with Crippen LogP contribution >= 0.6 is 11.6 Å². The lowest BCUT2D eigenvalue weighted by Gasteiger charge is -2.14. The third-order valence-corrected chi connectivity index (χ3v) is 7.02. The quantitative estimate of drug-likeness (QED) is 0.277. The number of aromatic nitrogens is 2. The number of halogens is 1. The Kier molecular flexibility index (Phi) is 6.72. The molecule has 0 spiro atoms. The standard InChI is InChI=1S/C29H26ClN3O4/c1-19(24-5-3-4-6-25(24)30)37-28(35)31-26-15-18-33(32-26)23-13-9-21(10-14-23)20-7-11-22(12-8-20)29(16-17-29)27(34)36-2/h3-15,18-19H,16-17H2,1-2H3,(H,31,32,35). The molecule has 1 N–H and O–H groups in total. The molecule has 3 aromatic carbocycles. The van der Waals surface area contributed by atoms with Crippen LogP contribution in [0.4, 0.5) is 10.6 Å². The second-order valence-corrected chi connectivity index (χ2v) is 9.44. The van der Waals surface area contributed by atoms with Gasteiger partial charge in [-0.2, -0.15) is 0 Å². The lowest BCUT2D eigenvalue weighted by atomic mass is 9.94. The first-order chi connectivity index (χ1) is 17.9. The molecule has 5 rings (SSSR count). The average Bonchev–Trinajstić information content (AvgIpc) is 3.61. The summed E-state index contributed by atoms with van der Waals surface area (Å²) < 4.78 is 12.1. The molecule has 1 unspecified atom stereocenters. The van der Waals surface area contributed by atoms with Gasteiger partial charge in [0.25, 0.3) is 0 Å². The van der Waals surface area contributed by atoms with Gasteiger partial charge in [0.2, 0.25) is 0 Å². The lowest BCUT2D eigenvalue weighted by molar-refractivity contribution is -0.143. The molecule has 1 fully saturated rings. The number of esters is 1. The summed E-state index contributed by atoms with van der Waals surface area (Å²) in [6.07, 6.45) is 2.29. The van der Waals surface area contributed by atoms with E-state index < -0.39 is 17.6 Å². The minimum Gasteiger partial charge on any atom is -0.468 e.